The van der Waals surface area contributed by atoms with Gasteiger partial charge in [-0.1, -0.05) is 17.7 Å². The fourth-order valence-electron chi connectivity index (χ4n) is 3.20. The van der Waals surface area contributed by atoms with Crippen molar-refractivity contribution in [1.82, 2.24) is 0 Å². The SMILES string of the molecule is Cc1ccc(S(=O)(=O)OC[C@H]2CC[C@H](COCC(=O)OC(C)(C)C)CC2)cc1. The van der Waals surface area contributed by atoms with E-state index in [0.29, 0.717) is 12.5 Å². The van der Waals surface area contributed by atoms with E-state index in [1.807, 2.05) is 27.7 Å². The van der Waals surface area contributed by atoms with Gasteiger partial charge in [0.1, 0.15) is 12.2 Å². The van der Waals surface area contributed by atoms with Gasteiger partial charge < -0.3 is 9.47 Å². The molecule has 7 heteroatoms. The lowest BCUT2D eigenvalue weighted by molar-refractivity contribution is -0.160. The number of carbonyl (C=O) groups excluding carboxylic acids is 1. The van der Waals surface area contributed by atoms with Crippen LogP contribution >= 0.6 is 0 Å². The molecule has 1 fully saturated rings. The second-order valence-electron chi connectivity index (χ2n) is 8.54. The molecule has 1 aliphatic rings. The van der Waals surface area contributed by atoms with Crippen LogP contribution in [-0.4, -0.2) is 39.8 Å². The topological polar surface area (TPSA) is 78.9 Å². The summed E-state index contributed by atoms with van der Waals surface area (Å²) in [6, 6.07) is 6.67. The summed E-state index contributed by atoms with van der Waals surface area (Å²) in [5.41, 5.74) is 0.503. The van der Waals surface area contributed by atoms with E-state index >= 15 is 0 Å². The Bertz CT molecular complexity index is 725. The van der Waals surface area contributed by atoms with Crippen LogP contribution in [0.15, 0.2) is 29.2 Å². The van der Waals surface area contributed by atoms with Gasteiger partial charge in [-0.3, -0.25) is 4.18 Å². The van der Waals surface area contributed by atoms with Gasteiger partial charge in [-0.15, -0.1) is 0 Å². The summed E-state index contributed by atoms with van der Waals surface area (Å²) in [6.45, 7) is 8.09. The minimum Gasteiger partial charge on any atom is -0.458 e. The zero-order valence-corrected chi connectivity index (χ0v) is 18.1. The molecule has 0 heterocycles. The van der Waals surface area contributed by atoms with Crippen molar-refractivity contribution in [1.29, 1.82) is 0 Å². The van der Waals surface area contributed by atoms with E-state index in [9.17, 15) is 13.2 Å². The predicted molar refractivity (Wildman–Crippen MR) is 106 cm³/mol. The lowest BCUT2D eigenvalue weighted by atomic mass is 9.83. The highest BCUT2D eigenvalue weighted by atomic mass is 32.2. The van der Waals surface area contributed by atoms with Gasteiger partial charge in [-0.25, -0.2) is 4.79 Å². The number of aryl methyl sites for hydroxylation is 1. The third-order valence-electron chi connectivity index (χ3n) is 4.73. The van der Waals surface area contributed by atoms with Crippen LogP contribution in [-0.2, 0) is 28.6 Å². The van der Waals surface area contributed by atoms with Crippen LogP contribution in [0.5, 0.6) is 0 Å². The van der Waals surface area contributed by atoms with E-state index in [-0.39, 0.29) is 30.0 Å². The molecule has 1 aromatic carbocycles. The summed E-state index contributed by atoms with van der Waals surface area (Å²) in [7, 11) is -3.70. The number of rotatable bonds is 8. The average molecular weight is 413 g/mol. The molecule has 0 N–H and O–H groups in total. The van der Waals surface area contributed by atoms with Crippen LogP contribution < -0.4 is 0 Å². The maximum absolute atomic E-state index is 12.3. The van der Waals surface area contributed by atoms with Crippen molar-refractivity contribution in [3.05, 3.63) is 29.8 Å². The molecule has 1 aliphatic carbocycles. The molecule has 28 heavy (non-hydrogen) atoms. The second kappa shape index (κ2) is 9.85. The molecular formula is C21H32O6S. The Labute approximate surface area is 168 Å². The maximum Gasteiger partial charge on any atom is 0.332 e. The molecule has 0 saturated heterocycles. The first kappa shape index (κ1) is 22.8. The minimum absolute atomic E-state index is 0.0326. The standard InChI is InChI=1S/C21H32O6S/c1-16-5-11-19(12-6-16)28(23,24)26-14-18-9-7-17(8-10-18)13-25-15-20(22)27-21(2,3)4/h5-6,11-12,17-18H,7-10,13-15H2,1-4H3/t17-,18-. The molecule has 1 saturated carbocycles. The summed E-state index contributed by atoms with van der Waals surface area (Å²) in [5, 5.41) is 0. The molecule has 0 unspecified atom stereocenters. The van der Waals surface area contributed by atoms with Gasteiger partial charge in [0.25, 0.3) is 10.1 Å². The largest absolute Gasteiger partial charge is 0.458 e. The number of esters is 1. The molecule has 1 aromatic rings. The van der Waals surface area contributed by atoms with Gasteiger partial charge in [-0.05, 0) is 77.3 Å². The van der Waals surface area contributed by atoms with Gasteiger partial charge in [-0.2, -0.15) is 8.42 Å². The fraction of sp³-hybridized carbons (Fsp3) is 0.667. The number of ether oxygens (including phenoxy) is 2. The highest BCUT2D eigenvalue weighted by Crippen LogP contribution is 2.30. The van der Waals surface area contributed by atoms with Crippen molar-refractivity contribution in [2.24, 2.45) is 11.8 Å². The van der Waals surface area contributed by atoms with Gasteiger partial charge in [0.15, 0.2) is 0 Å². The van der Waals surface area contributed by atoms with Crippen molar-refractivity contribution >= 4 is 16.1 Å². The first-order valence-corrected chi connectivity index (χ1v) is 11.2. The van der Waals surface area contributed by atoms with Gasteiger partial charge in [0.2, 0.25) is 0 Å². The minimum atomic E-state index is -3.70. The smallest absolute Gasteiger partial charge is 0.332 e. The van der Waals surface area contributed by atoms with Crippen molar-refractivity contribution in [2.45, 2.75) is 63.9 Å². The van der Waals surface area contributed by atoms with Crippen LogP contribution in [0.4, 0.5) is 0 Å². The Morgan fingerprint density at radius 1 is 1.00 bits per heavy atom. The van der Waals surface area contributed by atoms with Crippen molar-refractivity contribution < 1.29 is 26.9 Å². The monoisotopic (exact) mass is 412 g/mol. The Balaban J connectivity index is 1.67. The molecule has 0 radical (unpaired) electrons. The van der Waals surface area contributed by atoms with Gasteiger partial charge in [0.05, 0.1) is 18.1 Å². The van der Waals surface area contributed by atoms with E-state index in [1.165, 1.54) is 0 Å². The first-order valence-electron chi connectivity index (χ1n) is 9.81. The zero-order valence-electron chi connectivity index (χ0n) is 17.3. The van der Waals surface area contributed by atoms with Crippen molar-refractivity contribution in [3.63, 3.8) is 0 Å². The summed E-state index contributed by atoms with van der Waals surface area (Å²) < 4.78 is 40.5. The van der Waals surface area contributed by atoms with Crippen LogP contribution in [0, 0.1) is 18.8 Å². The van der Waals surface area contributed by atoms with Crippen LogP contribution in [0.3, 0.4) is 0 Å². The summed E-state index contributed by atoms with van der Waals surface area (Å²) >= 11 is 0. The van der Waals surface area contributed by atoms with Gasteiger partial charge >= 0.3 is 5.97 Å². The van der Waals surface area contributed by atoms with Crippen LogP contribution in [0.2, 0.25) is 0 Å². The summed E-state index contributed by atoms with van der Waals surface area (Å²) in [5.74, 6) is 0.255. The molecular weight excluding hydrogens is 380 g/mol. The Hall–Kier alpha value is -1.44. The Kier molecular flexibility index (Phi) is 8.04. The van der Waals surface area contributed by atoms with Crippen molar-refractivity contribution in [2.75, 3.05) is 19.8 Å². The number of hydrogen-bond donors (Lipinski definition) is 0. The maximum atomic E-state index is 12.3. The van der Waals surface area contributed by atoms with E-state index in [2.05, 4.69) is 0 Å². The molecule has 0 aromatic heterocycles. The third kappa shape index (κ3) is 7.89. The molecule has 0 atom stereocenters. The van der Waals surface area contributed by atoms with E-state index in [0.717, 1.165) is 31.2 Å². The zero-order chi connectivity index (χ0) is 20.8. The molecule has 0 bridgehead atoms. The highest BCUT2D eigenvalue weighted by Gasteiger charge is 2.25. The number of benzene rings is 1. The lowest BCUT2D eigenvalue weighted by Crippen LogP contribution is -2.28. The quantitative estimate of drug-likeness (QED) is 0.476. The van der Waals surface area contributed by atoms with E-state index in [1.54, 1.807) is 24.3 Å². The van der Waals surface area contributed by atoms with Gasteiger partial charge in [0, 0.05) is 0 Å². The lowest BCUT2D eigenvalue weighted by Gasteiger charge is -2.28. The number of hydrogen-bond acceptors (Lipinski definition) is 6. The van der Waals surface area contributed by atoms with Crippen LogP contribution in [0.1, 0.15) is 52.0 Å². The Morgan fingerprint density at radius 3 is 2.07 bits per heavy atom. The molecule has 2 rings (SSSR count). The van der Waals surface area contributed by atoms with Crippen LogP contribution in [0.25, 0.3) is 0 Å². The van der Waals surface area contributed by atoms with Crippen molar-refractivity contribution in [3.8, 4) is 0 Å². The average Bonchev–Trinajstić information content (AvgIpc) is 2.60. The molecule has 0 amide bonds. The molecule has 158 valence electrons. The van der Waals surface area contributed by atoms with E-state index < -0.39 is 15.7 Å². The molecule has 0 spiro atoms. The first-order chi connectivity index (χ1) is 13.0. The molecule has 6 nitrogen and oxygen atoms in total. The second-order valence-corrected chi connectivity index (χ2v) is 10.2. The number of carbonyl (C=O) groups is 1. The molecule has 0 aliphatic heterocycles. The van der Waals surface area contributed by atoms with E-state index in [4.69, 9.17) is 13.7 Å². The summed E-state index contributed by atoms with van der Waals surface area (Å²) in [6.07, 6.45) is 3.66. The fourth-order valence-corrected chi connectivity index (χ4v) is 4.18. The third-order valence-corrected chi connectivity index (χ3v) is 6.02. The normalized spacial score (nSPS) is 20.7. The predicted octanol–water partition coefficient (Wildman–Crippen LogP) is 3.87. The Morgan fingerprint density at radius 2 is 1.54 bits per heavy atom. The highest BCUT2D eigenvalue weighted by molar-refractivity contribution is 7.86. The summed E-state index contributed by atoms with van der Waals surface area (Å²) in [4.78, 5) is 11.8.